The van der Waals surface area contributed by atoms with Crippen LogP contribution in [0.5, 0.6) is 5.75 Å². The second-order valence-electron chi connectivity index (χ2n) is 2.98. The molecular formula is C11H13ClO3. The average Bonchev–Trinajstić information content (AvgIpc) is 2.23. The highest BCUT2D eigenvalue weighted by Crippen LogP contribution is 2.23. The second kappa shape index (κ2) is 5.73. The second-order valence-corrected chi connectivity index (χ2v) is 3.39. The number of methoxy groups -OCH3 is 1. The highest BCUT2D eigenvalue weighted by molar-refractivity contribution is 6.32. The van der Waals surface area contributed by atoms with Crippen LogP contribution in [0.2, 0.25) is 5.02 Å². The number of ether oxygens (including phenoxy) is 2. The Morgan fingerprint density at radius 1 is 1.47 bits per heavy atom. The van der Waals surface area contributed by atoms with E-state index in [9.17, 15) is 4.79 Å². The van der Waals surface area contributed by atoms with E-state index in [0.29, 0.717) is 17.2 Å². The maximum atomic E-state index is 11.5. The molecule has 15 heavy (non-hydrogen) atoms. The summed E-state index contributed by atoms with van der Waals surface area (Å²) in [6.07, 6.45) is 0.0287. The molecule has 0 N–H and O–H groups in total. The van der Waals surface area contributed by atoms with E-state index in [4.69, 9.17) is 21.1 Å². The van der Waals surface area contributed by atoms with Crippen molar-refractivity contribution in [2.75, 3.05) is 7.11 Å². The maximum absolute atomic E-state index is 11.5. The third kappa shape index (κ3) is 3.22. The predicted molar refractivity (Wildman–Crippen MR) is 58.2 cm³/mol. The van der Waals surface area contributed by atoms with E-state index in [1.54, 1.807) is 24.3 Å². The summed E-state index contributed by atoms with van der Waals surface area (Å²) in [6, 6.07) is 6.83. The lowest BCUT2D eigenvalue weighted by Crippen LogP contribution is -2.27. The van der Waals surface area contributed by atoms with E-state index in [1.807, 2.05) is 6.92 Å². The van der Waals surface area contributed by atoms with Gasteiger partial charge in [0.05, 0.1) is 5.02 Å². The van der Waals surface area contributed by atoms with Gasteiger partial charge in [-0.15, -0.1) is 0 Å². The number of benzene rings is 1. The summed E-state index contributed by atoms with van der Waals surface area (Å²) in [7, 11) is 1.47. The minimum Gasteiger partial charge on any atom is -0.423 e. The summed E-state index contributed by atoms with van der Waals surface area (Å²) >= 11 is 5.84. The number of carbonyl (C=O) groups excluding carboxylic acids is 1. The highest BCUT2D eigenvalue weighted by atomic mass is 35.5. The first kappa shape index (κ1) is 12.0. The normalized spacial score (nSPS) is 12.2. The first-order chi connectivity index (χ1) is 7.19. The molecule has 1 atom stereocenters. The molecule has 0 saturated heterocycles. The van der Waals surface area contributed by atoms with Crippen molar-refractivity contribution in [1.82, 2.24) is 0 Å². The summed E-state index contributed by atoms with van der Waals surface area (Å²) in [5.41, 5.74) is 0. The van der Waals surface area contributed by atoms with Crippen LogP contribution in [0.3, 0.4) is 0 Å². The molecule has 3 nitrogen and oxygen atoms in total. The molecule has 0 aromatic heterocycles. The molecule has 0 radical (unpaired) electrons. The molecule has 1 aromatic carbocycles. The van der Waals surface area contributed by atoms with Crippen molar-refractivity contribution in [1.29, 1.82) is 0 Å². The Kier molecular flexibility index (Phi) is 4.59. The highest BCUT2D eigenvalue weighted by Gasteiger charge is 2.18. The topological polar surface area (TPSA) is 35.5 Å². The van der Waals surface area contributed by atoms with Gasteiger partial charge in [-0.1, -0.05) is 30.7 Å². The van der Waals surface area contributed by atoms with Gasteiger partial charge in [0, 0.05) is 7.11 Å². The predicted octanol–water partition coefficient (Wildman–Crippen LogP) is 2.67. The van der Waals surface area contributed by atoms with Crippen molar-refractivity contribution in [2.45, 2.75) is 19.4 Å². The van der Waals surface area contributed by atoms with Gasteiger partial charge in [-0.2, -0.15) is 0 Å². The van der Waals surface area contributed by atoms with Gasteiger partial charge in [0.15, 0.2) is 6.10 Å². The van der Waals surface area contributed by atoms with E-state index >= 15 is 0 Å². The van der Waals surface area contributed by atoms with Gasteiger partial charge in [-0.25, -0.2) is 4.79 Å². The fourth-order valence-electron chi connectivity index (χ4n) is 1.13. The molecule has 0 bridgehead atoms. The smallest absolute Gasteiger partial charge is 0.340 e. The summed E-state index contributed by atoms with van der Waals surface area (Å²) in [4.78, 5) is 11.5. The maximum Gasteiger partial charge on any atom is 0.340 e. The molecule has 0 spiro atoms. The van der Waals surface area contributed by atoms with Crippen molar-refractivity contribution in [3.05, 3.63) is 29.3 Å². The van der Waals surface area contributed by atoms with E-state index in [-0.39, 0.29) is 0 Å². The number of rotatable bonds is 4. The van der Waals surface area contributed by atoms with Gasteiger partial charge < -0.3 is 9.47 Å². The van der Waals surface area contributed by atoms with Crippen LogP contribution in [-0.2, 0) is 9.53 Å². The standard InChI is InChI=1S/C11H13ClO3/c1-3-9(14-2)11(13)15-10-7-5-4-6-8(10)12/h4-7,9H,3H2,1-2H3. The van der Waals surface area contributed by atoms with Crippen LogP contribution in [0.25, 0.3) is 0 Å². The van der Waals surface area contributed by atoms with Crippen molar-refractivity contribution in [2.24, 2.45) is 0 Å². The number of esters is 1. The Morgan fingerprint density at radius 2 is 2.13 bits per heavy atom. The summed E-state index contributed by atoms with van der Waals surface area (Å²) in [5, 5.41) is 0.414. The number of hydrogen-bond donors (Lipinski definition) is 0. The molecule has 1 rings (SSSR count). The van der Waals surface area contributed by atoms with Crippen LogP contribution >= 0.6 is 11.6 Å². The van der Waals surface area contributed by atoms with Gasteiger partial charge in [0.2, 0.25) is 0 Å². The minimum atomic E-state index is -0.540. The molecule has 0 aliphatic carbocycles. The zero-order valence-corrected chi connectivity index (χ0v) is 9.45. The van der Waals surface area contributed by atoms with Gasteiger partial charge in [-0.05, 0) is 18.6 Å². The van der Waals surface area contributed by atoms with Crippen molar-refractivity contribution >= 4 is 17.6 Å². The van der Waals surface area contributed by atoms with E-state index in [2.05, 4.69) is 0 Å². The molecule has 82 valence electrons. The zero-order valence-electron chi connectivity index (χ0n) is 8.70. The van der Waals surface area contributed by atoms with Crippen LogP contribution in [0.4, 0.5) is 0 Å². The Morgan fingerprint density at radius 3 is 2.67 bits per heavy atom. The fourth-order valence-corrected chi connectivity index (χ4v) is 1.31. The van der Waals surface area contributed by atoms with Crippen molar-refractivity contribution in [3.63, 3.8) is 0 Å². The first-order valence-corrected chi connectivity index (χ1v) is 5.05. The quantitative estimate of drug-likeness (QED) is 0.587. The minimum absolute atomic E-state index is 0.361. The first-order valence-electron chi connectivity index (χ1n) is 4.68. The third-order valence-electron chi connectivity index (χ3n) is 1.97. The summed E-state index contributed by atoms with van der Waals surface area (Å²) in [6.45, 7) is 1.85. The molecule has 0 saturated carbocycles. The van der Waals surface area contributed by atoms with Crippen LogP contribution in [0.15, 0.2) is 24.3 Å². The molecule has 0 amide bonds. The fraction of sp³-hybridized carbons (Fsp3) is 0.364. The number of halogens is 1. The lowest BCUT2D eigenvalue weighted by molar-refractivity contribution is -0.145. The Bertz CT molecular complexity index is 334. The lowest BCUT2D eigenvalue weighted by Gasteiger charge is -2.12. The van der Waals surface area contributed by atoms with Crippen molar-refractivity contribution < 1.29 is 14.3 Å². The van der Waals surface area contributed by atoms with Crippen LogP contribution in [0, 0.1) is 0 Å². The average molecular weight is 229 g/mol. The van der Waals surface area contributed by atoms with Crippen molar-refractivity contribution in [3.8, 4) is 5.75 Å². The van der Waals surface area contributed by atoms with E-state index in [0.717, 1.165) is 0 Å². The molecule has 4 heteroatoms. The third-order valence-corrected chi connectivity index (χ3v) is 2.28. The lowest BCUT2D eigenvalue weighted by atomic mass is 10.3. The zero-order chi connectivity index (χ0) is 11.3. The number of hydrogen-bond acceptors (Lipinski definition) is 3. The summed E-state index contributed by atoms with van der Waals surface area (Å²) in [5.74, 6) is -0.0623. The van der Waals surface area contributed by atoms with Gasteiger partial charge in [0.1, 0.15) is 5.75 Å². The number of carbonyl (C=O) groups is 1. The van der Waals surface area contributed by atoms with Gasteiger partial charge >= 0.3 is 5.97 Å². The molecule has 0 fully saturated rings. The van der Waals surface area contributed by atoms with Crippen LogP contribution in [-0.4, -0.2) is 19.2 Å². The number of para-hydroxylation sites is 1. The molecule has 1 unspecified atom stereocenters. The van der Waals surface area contributed by atoms with Crippen LogP contribution < -0.4 is 4.74 Å². The molecule has 0 aliphatic rings. The van der Waals surface area contributed by atoms with E-state index in [1.165, 1.54) is 7.11 Å². The molecule has 0 aliphatic heterocycles. The molecule has 1 aromatic rings. The largest absolute Gasteiger partial charge is 0.423 e. The monoisotopic (exact) mass is 228 g/mol. The van der Waals surface area contributed by atoms with E-state index < -0.39 is 12.1 Å². The van der Waals surface area contributed by atoms with Gasteiger partial charge in [0.25, 0.3) is 0 Å². The van der Waals surface area contributed by atoms with Gasteiger partial charge in [-0.3, -0.25) is 0 Å². The molecule has 0 heterocycles. The summed E-state index contributed by atoms with van der Waals surface area (Å²) < 4.78 is 10.0. The van der Waals surface area contributed by atoms with Crippen LogP contribution in [0.1, 0.15) is 13.3 Å². The Labute approximate surface area is 93.9 Å². The molecular weight excluding hydrogens is 216 g/mol. The SMILES string of the molecule is CCC(OC)C(=O)Oc1ccccc1Cl. The Hall–Kier alpha value is -1.06. The Balaban J connectivity index is 2.70.